The molecule has 0 aliphatic carbocycles. The molecule has 0 saturated carbocycles. The lowest BCUT2D eigenvalue weighted by Gasteiger charge is -2.27. The molecule has 82 valence electrons. The van der Waals surface area contributed by atoms with Gasteiger partial charge < -0.3 is 4.90 Å². The van der Waals surface area contributed by atoms with Gasteiger partial charge in [-0.25, -0.2) is 4.98 Å². The van der Waals surface area contributed by atoms with Gasteiger partial charge in [0.25, 0.3) is 0 Å². The van der Waals surface area contributed by atoms with Gasteiger partial charge in [0.2, 0.25) is 0 Å². The molecule has 2 aromatic heterocycles. The average Bonchev–Trinajstić information content (AvgIpc) is 2.77. The minimum Gasteiger partial charge on any atom is -0.352 e. The first-order valence-corrected chi connectivity index (χ1v) is 6.92. The van der Waals surface area contributed by atoms with Gasteiger partial charge in [-0.2, -0.15) is 0 Å². The maximum absolute atomic E-state index is 4.44. The monoisotopic (exact) mass is 294 g/mol. The minimum absolute atomic E-state index is 0.994. The third-order valence-electron chi connectivity index (χ3n) is 2.84. The zero-order valence-corrected chi connectivity index (χ0v) is 11.1. The summed E-state index contributed by atoms with van der Waals surface area (Å²) >= 11 is 5.28. The van der Waals surface area contributed by atoms with Gasteiger partial charge in [0, 0.05) is 28.6 Å². The van der Waals surface area contributed by atoms with Crippen LogP contribution in [0.15, 0.2) is 34.2 Å². The van der Waals surface area contributed by atoms with Crippen molar-refractivity contribution in [3.8, 4) is 0 Å². The van der Waals surface area contributed by atoms with Crippen LogP contribution in [0.5, 0.6) is 0 Å². The van der Waals surface area contributed by atoms with Gasteiger partial charge in [0.1, 0.15) is 5.82 Å². The summed E-state index contributed by atoms with van der Waals surface area (Å²) in [6.07, 6.45) is 3.00. The van der Waals surface area contributed by atoms with Gasteiger partial charge in [-0.1, -0.05) is 0 Å². The molecule has 0 aromatic carbocycles. The second-order valence-electron chi connectivity index (χ2n) is 3.88. The average molecular weight is 295 g/mol. The Balaban J connectivity index is 1.86. The van der Waals surface area contributed by atoms with Crippen molar-refractivity contribution >= 4 is 33.1 Å². The van der Waals surface area contributed by atoms with Crippen LogP contribution < -0.4 is 4.90 Å². The van der Waals surface area contributed by atoms with Crippen LogP contribution >= 0.6 is 27.3 Å². The Morgan fingerprint density at radius 1 is 1.31 bits per heavy atom. The van der Waals surface area contributed by atoms with E-state index in [9.17, 15) is 0 Å². The van der Waals surface area contributed by atoms with Crippen LogP contribution in [0.25, 0.3) is 0 Å². The molecule has 0 unspecified atom stereocenters. The van der Waals surface area contributed by atoms with E-state index in [1.165, 1.54) is 10.4 Å². The molecule has 16 heavy (non-hydrogen) atoms. The van der Waals surface area contributed by atoms with Crippen LogP contribution in [0.3, 0.4) is 0 Å². The molecule has 4 heteroatoms. The highest BCUT2D eigenvalue weighted by Crippen LogP contribution is 2.27. The predicted octanol–water partition coefficient (Wildman–Crippen LogP) is 3.47. The number of fused-ring (bicyclic) bond motifs is 1. The number of thiophene rings is 1. The van der Waals surface area contributed by atoms with Gasteiger partial charge in [-0.15, -0.1) is 11.3 Å². The Kier molecular flexibility index (Phi) is 2.69. The van der Waals surface area contributed by atoms with Crippen LogP contribution in [0.2, 0.25) is 0 Å². The number of hydrogen-bond donors (Lipinski definition) is 0. The van der Waals surface area contributed by atoms with E-state index in [-0.39, 0.29) is 0 Å². The molecule has 0 radical (unpaired) electrons. The molecule has 0 atom stereocenters. The van der Waals surface area contributed by atoms with Gasteiger partial charge >= 0.3 is 0 Å². The molecular weight excluding hydrogens is 284 g/mol. The van der Waals surface area contributed by atoms with Crippen molar-refractivity contribution in [3.05, 3.63) is 44.7 Å². The zero-order valence-electron chi connectivity index (χ0n) is 8.69. The van der Waals surface area contributed by atoms with Crippen molar-refractivity contribution in [1.82, 2.24) is 4.98 Å². The number of hydrogen-bond acceptors (Lipinski definition) is 3. The molecular formula is C12H11BrN2S. The predicted molar refractivity (Wildman–Crippen MR) is 71.0 cm³/mol. The van der Waals surface area contributed by atoms with Crippen LogP contribution in [0, 0.1) is 0 Å². The molecule has 0 amide bonds. The Hall–Kier alpha value is -0.870. The number of pyridine rings is 1. The molecule has 2 aromatic rings. The van der Waals surface area contributed by atoms with Crippen LogP contribution in [-0.4, -0.2) is 11.5 Å². The van der Waals surface area contributed by atoms with Gasteiger partial charge in [0.15, 0.2) is 0 Å². The number of nitrogens with zero attached hydrogens (tertiary/aromatic N) is 2. The van der Waals surface area contributed by atoms with Gasteiger partial charge in [0.05, 0.1) is 0 Å². The molecule has 0 spiro atoms. The van der Waals surface area contributed by atoms with Gasteiger partial charge in [-0.3, -0.25) is 0 Å². The minimum atomic E-state index is 0.994. The van der Waals surface area contributed by atoms with E-state index in [1.807, 2.05) is 23.6 Å². The fraction of sp³-hybridized carbons (Fsp3) is 0.250. The van der Waals surface area contributed by atoms with Crippen molar-refractivity contribution in [3.63, 3.8) is 0 Å². The van der Waals surface area contributed by atoms with Crippen molar-refractivity contribution in [2.75, 3.05) is 11.4 Å². The van der Waals surface area contributed by atoms with Crippen LogP contribution in [0.1, 0.15) is 10.4 Å². The highest BCUT2D eigenvalue weighted by atomic mass is 79.9. The van der Waals surface area contributed by atoms with E-state index in [4.69, 9.17) is 0 Å². The summed E-state index contributed by atoms with van der Waals surface area (Å²) in [5.41, 5.74) is 1.46. The largest absolute Gasteiger partial charge is 0.352 e. The van der Waals surface area contributed by atoms with E-state index < -0.39 is 0 Å². The molecule has 0 saturated heterocycles. The van der Waals surface area contributed by atoms with E-state index in [0.717, 1.165) is 29.8 Å². The quantitative estimate of drug-likeness (QED) is 0.801. The summed E-state index contributed by atoms with van der Waals surface area (Å²) in [6.45, 7) is 2.07. The molecule has 0 N–H and O–H groups in total. The van der Waals surface area contributed by atoms with Crippen molar-refractivity contribution in [2.24, 2.45) is 0 Å². The van der Waals surface area contributed by atoms with Crippen LogP contribution in [0.4, 0.5) is 5.82 Å². The third kappa shape index (κ3) is 1.87. The summed E-state index contributed by atoms with van der Waals surface area (Å²) in [6, 6.07) is 6.35. The van der Waals surface area contributed by atoms with E-state index >= 15 is 0 Å². The van der Waals surface area contributed by atoms with Crippen LogP contribution in [-0.2, 0) is 13.0 Å². The smallest absolute Gasteiger partial charge is 0.128 e. The SMILES string of the molecule is Brc1ccc(N2CCc3sccc3C2)nc1. The molecule has 3 heterocycles. The summed E-state index contributed by atoms with van der Waals surface area (Å²) in [4.78, 5) is 8.31. The lowest BCUT2D eigenvalue weighted by Crippen LogP contribution is -2.29. The first-order valence-electron chi connectivity index (χ1n) is 5.25. The highest BCUT2D eigenvalue weighted by molar-refractivity contribution is 9.10. The van der Waals surface area contributed by atoms with Crippen molar-refractivity contribution in [2.45, 2.75) is 13.0 Å². The zero-order chi connectivity index (χ0) is 11.0. The van der Waals surface area contributed by atoms with E-state index in [0.29, 0.717) is 0 Å². The number of halogens is 1. The fourth-order valence-corrected chi connectivity index (χ4v) is 3.12. The Morgan fingerprint density at radius 2 is 2.25 bits per heavy atom. The topological polar surface area (TPSA) is 16.1 Å². The molecule has 3 rings (SSSR count). The van der Waals surface area contributed by atoms with Crippen molar-refractivity contribution < 1.29 is 0 Å². The standard InChI is InChI=1S/C12H11BrN2S/c13-10-1-2-12(14-7-10)15-5-3-11-9(8-15)4-6-16-11/h1-2,4,6-7H,3,5,8H2. The van der Waals surface area contributed by atoms with Crippen molar-refractivity contribution in [1.29, 1.82) is 0 Å². The normalized spacial score (nSPS) is 14.9. The number of anilines is 1. The molecule has 1 aliphatic rings. The fourth-order valence-electron chi connectivity index (χ4n) is 2.00. The molecule has 0 bridgehead atoms. The highest BCUT2D eigenvalue weighted by Gasteiger charge is 2.17. The Bertz CT molecular complexity index is 492. The summed E-state index contributed by atoms with van der Waals surface area (Å²) in [5.74, 6) is 1.07. The number of rotatable bonds is 1. The summed E-state index contributed by atoms with van der Waals surface area (Å²) < 4.78 is 1.03. The van der Waals surface area contributed by atoms with Gasteiger partial charge in [-0.05, 0) is 51.5 Å². The molecule has 2 nitrogen and oxygen atoms in total. The Labute approximate surface area is 107 Å². The second-order valence-corrected chi connectivity index (χ2v) is 5.79. The molecule has 1 aliphatic heterocycles. The first kappa shape index (κ1) is 10.3. The number of aromatic nitrogens is 1. The first-order chi connectivity index (χ1) is 7.83. The van der Waals surface area contributed by atoms with E-state index in [2.05, 4.69) is 43.3 Å². The Morgan fingerprint density at radius 3 is 3.06 bits per heavy atom. The maximum Gasteiger partial charge on any atom is 0.128 e. The summed E-state index contributed by atoms with van der Waals surface area (Å²) in [5, 5.41) is 2.18. The third-order valence-corrected chi connectivity index (χ3v) is 4.34. The van der Waals surface area contributed by atoms with E-state index in [1.54, 1.807) is 0 Å². The lowest BCUT2D eigenvalue weighted by molar-refractivity contribution is 0.732. The summed E-state index contributed by atoms with van der Waals surface area (Å²) in [7, 11) is 0. The lowest BCUT2D eigenvalue weighted by atomic mass is 10.1. The second kappa shape index (κ2) is 4.18. The maximum atomic E-state index is 4.44. The molecule has 0 fully saturated rings.